The summed E-state index contributed by atoms with van der Waals surface area (Å²) in [7, 11) is -6.17. The van der Waals surface area contributed by atoms with Gasteiger partial charge in [0.05, 0.1) is 16.9 Å². The Bertz CT molecular complexity index is 1530. The molecule has 37 heavy (non-hydrogen) atoms. The minimum Gasteiger partial charge on any atom is -0.465 e. The highest BCUT2D eigenvalue weighted by Gasteiger charge is 2.17. The van der Waals surface area contributed by atoms with E-state index in [-0.39, 0.29) is 25.6 Å². The van der Waals surface area contributed by atoms with Crippen LogP contribution in [0.1, 0.15) is 9.67 Å². The number of methoxy groups -OCH3 is 1. The third-order valence-corrected chi connectivity index (χ3v) is 7.10. The summed E-state index contributed by atoms with van der Waals surface area (Å²) in [4.78, 5) is 15.6. The maximum absolute atomic E-state index is 11.4. The molecule has 0 aliphatic heterocycles. The molecule has 0 spiro atoms. The predicted molar refractivity (Wildman–Crippen MR) is 142 cm³/mol. The number of sulfonamides is 2. The van der Waals surface area contributed by atoms with Gasteiger partial charge in [-0.2, -0.15) is 5.26 Å². The van der Waals surface area contributed by atoms with E-state index in [2.05, 4.69) is 25.7 Å². The van der Waals surface area contributed by atoms with Crippen molar-refractivity contribution in [2.45, 2.75) is 9.79 Å². The number of nitrogens with zero attached hydrogens (tertiary/aromatic N) is 2. The van der Waals surface area contributed by atoms with E-state index in [4.69, 9.17) is 33.5 Å². The van der Waals surface area contributed by atoms with Gasteiger partial charge in [0.15, 0.2) is 27.1 Å². The topological polar surface area (TPSA) is 245 Å². The molecule has 2 aromatic carbocycles. The van der Waals surface area contributed by atoms with Crippen molar-refractivity contribution in [3.63, 3.8) is 0 Å². The number of ether oxygens (including phenoxy) is 1. The third kappa shape index (κ3) is 8.94. The molecule has 0 atom stereocenters. The average molecular weight is 585 g/mol. The standard InChI is InChI=1S/C11H12N4O4S2.C8H8N4O2S2/c1-19-10(16)8-9(12)15-11(20-8)14-6-2-4-7(5-3-6)21(13,17)18;9-5-11-8(15)12-6-1-3-7(4-2-6)16(10,13)14/h2-5H,12H2,1H3,(H,14,15)(H2,13,17,18);1-4H,(H2,10,13,14)(H2,11,12,15). The van der Waals surface area contributed by atoms with Crippen LogP contribution in [0.25, 0.3) is 0 Å². The van der Waals surface area contributed by atoms with E-state index in [9.17, 15) is 21.6 Å². The maximum Gasteiger partial charge on any atom is 0.351 e. The van der Waals surface area contributed by atoms with Crippen LogP contribution in [0, 0.1) is 11.5 Å². The van der Waals surface area contributed by atoms with Gasteiger partial charge in [-0.3, -0.25) is 5.32 Å². The van der Waals surface area contributed by atoms with Gasteiger partial charge in [-0.05, 0) is 60.7 Å². The van der Waals surface area contributed by atoms with Crippen LogP contribution < -0.4 is 32.0 Å². The summed E-state index contributed by atoms with van der Waals surface area (Å²) in [5.74, 6) is -0.502. The second kappa shape index (κ2) is 12.4. The lowest BCUT2D eigenvalue weighted by Crippen LogP contribution is -2.23. The summed E-state index contributed by atoms with van der Waals surface area (Å²) in [6.07, 6.45) is 1.65. The molecule has 3 aromatic rings. The van der Waals surface area contributed by atoms with Crippen molar-refractivity contribution in [1.82, 2.24) is 10.3 Å². The fourth-order valence-corrected chi connectivity index (χ4v) is 4.43. The number of hydrogen-bond acceptors (Lipinski definition) is 12. The lowest BCUT2D eigenvalue weighted by molar-refractivity contribution is 0.0607. The number of nitrogen functional groups attached to an aromatic ring is 1. The fraction of sp³-hybridized carbons (Fsp3) is 0.0526. The van der Waals surface area contributed by atoms with Crippen molar-refractivity contribution in [2.24, 2.45) is 10.3 Å². The number of thiazole rings is 1. The Morgan fingerprint density at radius 3 is 1.92 bits per heavy atom. The summed E-state index contributed by atoms with van der Waals surface area (Å²) in [6.45, 7) is 0. The van der Waals surface area contributed by atoms with Gasteiger partial charge < -0.3 is 21.1 Å². The molecule has 0 saturated heterocycles. The minimum absolute atomic E-state index is 0.00181. The zero-order chi connectivity index (χ0) is 27.8. The van der Waals surface area contributed by atoms with Gasteiger partial charge in [-0.1, -0.05) is 11.3 Å². The Kier molecular flexibility index (Phi) is 9.84. The number of carbonyl (C=O) groups is 1. The monoisotopic (exact) mass is 584 g/mol. The summed E-state index contributed by atoms with van der Waals surface area (Å²) in [5, 5.41) is 26.5. The molecule has 3 rings (SSSR count). The number of carbonyl (C=O) groups excluding carboxylic acids is 1. The quantitative estimate of drug-likeness (QED) is 0.103. The molecule has 0 aliphatic carbocycles. The molecule has 0 saturated carbocycles. The highest BCUT2D eigenvalue weighted by molar-refractivity contribution is 7.89. The second-order valence-corrected chi connectivity index (χ2v) is 11.2. The number of rotatable bonds is 6. The lowest BCUT2D eigenvalue weighted by Gasteiger charge is -2.05. The third-order valence-electron chi connectivity index (χ3n) is 4.07. The number of primary sulfonamides is 2. The van der Waals surface area contributed by atoms with Crippen LogP contribution in [-0.2, 0) is 24.8 Å². The fourth-order valence-electron chi connectivity index (χ4n) is 2.42. The van der Waals surface area contributed by atoms with Gasteiger partial charge in [0.25, 0.3) is 0 Å². The molecular weight excluding hydrogens is 565 g/mol. The number of nitriles is 1. The molecule has 0 aliphatic rings. The van der Waals surface area contributed by atoms with Crippen molar-refractivity contribution >= 4 is 77.0 Å². The minimum atomic E-state index is -3.73. The zero-order valence-corrected chi connectivity index (χ0v) is 22.1. The summed E-state index contributed by atoms with van der Waals surface area (Å²) in [5.41, 5.74) is 6.75. The van der Waals surface area contributed by atoms with E-state index in [1.165, 1.54) is 55.6 Å². The largest absolute Gasteiger partial charge is 0.465 e. The molecule has 1 heterocycles. The zero-order valence-electron chi connectivity index (χ0n) is 18.8. The highest BCUT2D eigenvalue weighted by Crippen LogP contribution is 2.28. The number of thiocarbonyl (C=S) groups is 1. The smallest absolute Gasteiger partial charge is 0.351 e. The number of aromatic nitrogens is 1. The molecule has 14 nitrogen and oxygen atoms in total. The molecule has 0 radical (unpaired) electrons. The van der Waals surface area contributed by atoms with Crippen molar-refractivity contribution in [2.75, 3.05) is 23.5 Å². The van der Waals surface area contributed by atoms with Crippen LogP contribution in [0.2, 0.25) is 0 Å². The summed E-state index contributed by atoms with van der Waals surface area (Å²) < 4.78 is 48.7. The number of hydrogen-bond donors (Lipinski definition) is 6. The first-order valence-corrected chi connectivity index (χ1v) is 13.9. The van der Waals surface area contributed by atoms with Gasteiger partial charge in [0.2, 0.25) is 20.0 Å². The van der Waals surface area contributed by atoms with Crippen molar-refractivity contribution in [1.29, 1.82) is 5.26 Å². The van der Waals surface area contributed by atoms with Crippen molar-refractivity contribution in [3.05, 3.63) is 53.4 Å². The average Bonchev–Trinajstić information content (AvgIpc) is 3.18. The SMILES string of the molecule is COC(=O)c1sc(Nc2ccc(S(N)(=O)=O)cc2)nc1N.N#CNC(=S)Nc1ccc(S(N)(=O)=O)cc1. The van der Waals surface area contributed by atoms with E-state index in [1.54, 1.807) is 6.19 Å². The van der Waals surface area contributed by atoms with Gasteiger partial charge in [-0.15, -0.1) is 0 Å². The van der Waals surface area contributed by atoms with Gasteiger partial charge in [0, 0.05) is 11.4 Å². The Morgan fingerprint density at radius 2 is 1.49 bits per heavy atom. The number of anilines is 4. The number of benzene rings is 2. The number of nitrogens with one attached hydrogen (secondary N) is 3. The Morgan fingerprint density at radius 1 is 1.00 bits per heavy atom. The van der Waals surface area contributed by atoms with E-state index in [0.717, 1.165) is 11.3 Å². The van der Waals surface area contributed by atoms with Crippen LogP contribution in [0.15, 0.2) is 58.3 Å². The molecular formula is C19H20N8O6S4. The van der Waals surface area contributed by atoms with Crippen molar-refractivity contribution < 1.29 is 26.4 Å². The molecule has 0 fully saturated rings. The Labute approximate surface area is 221 Å². The van der Waals surface area contributed by atoms with Crippen LogP contribution in [0.4, 0.5) is 22.3 Å². The Balaban J connectivity index is 0.000000271. The maximum atomic E-state index is 11.4. The molecule has 0 unspecified atom stereocenters. The van der Waals surface area contributed by atoms with Crippen LogP contribution in [0.3, 0.4) is 0 Å². The van der Waals surface area contributed by atoms with Gasteiger partial charge >= 0.3 is 5.97 Å². The molecule has 196 valence electrons. The highest BCUT2D eigenvalue weighted by atomic mass is 32.2. The first kappa shape index (κ1) is 29.4. The molecule has 0 bridgehead atoms. The van der Waals surface area contributed by atoms with E-state index >= 15 is 0 Å². The van der Waals surface area contributed by atoms with E-state index in [0.29, 0.717) is 16.5 Å². The predicted octanol–water partition coefficient (Wildman–Crippen LogP) is 1.00. The van der Waals surface area contributed by atoms with Crippen LogP contribution >= 0.6 is 23.6 Å². The van der Waals surface area contributed by atoms with Gasteiger partial charge in [-0.25, -0.2) is 36.9 Å². The summed E-state index contributed by atoms with van der Waals surface area (Å²) >= 11 is 5.79. The molecule has 18 heteroatoms. The van der Waals surface area contributed by atoms with Crippen LogP contribution in [-0.4, -0.2) is 40.0 Å². The second-order valence-electron chi connectivity index (χ2n) is 6.68. The summed E-state index contributed by atoms with van der Waals surface area (Å²) in [6, 6.07) is 11.4. The lowest BCUT2D eigenvalue weighted by atomic mass is 10.3. The van der Waals surface area contributed by atoms with E-state index in [1.807, 2.05) is 0 Å². The number of esters is 1. The molecule has 9 N–H and O–H groups in total. The molecule has 1 aromatic heterocycles. The Hall–Kier alpha value is -3.86. The normalized spacial score (nSPS) is 10.8. The van der Waals surface area contributed by atoms with E-state index < -0.39 is 26.0 Å². The number of nitrogens with two attached hydrogens (primary N) is 3. The first-order valence-electron chi connectivity index (χ1n) is 9.58. The van der Waals surface area contributed by atoms with Crippen molar-refractivity contribution in [3.8, 4) is 6.19 Å². The van der Waals surface area contributed by atoms with Crippen LogP contribution in [0.5, 0.6) is 0 Å². The molecule has 0 amide bonds. The van der Waals surface area contributed by atoms with Gasteiger partial charge in [0.1, 0.15) is 0 Å². The first-order chi connectivity index (χ1) is 17.2.